The molecule has 0 aromatic heterocycles. The van der Waals surface area contributed by atoms with Crippen LogP contribution in [0, 0.1) is 11.3 Å². The van der Waals surface area contributed by atoms with Crippen LogP contribution in [0.4, 0.5) is 10.5 Å². The van der Waals surface area contributed by atoms with Gasteiger partial charge in [0.25, 0.3) is 0 Å². The maximum atomic E-state index is 13.3. The molecule has 0 spiro atoms. The standard InChI is InChI=1S/C23H26ClNO3/c1-6-11-28-21(27)25-18-10-8-9-16-14(18)12-15-17(22(16,3)4)13-19(24)23(5,7-2)20(15)26/h6-10,12,17,19H,1-2,11,13H2,3-5H3,(H,25,27)/t17-,19+,23-/m0/s1. The van der Waals surface area contributed by atoms with Crippen molar-refractivity contribution in [2.24, 2.45) is 11.3 Å². The molecule has 5 heteroatoms. The van der Waals surface area contributed by atoms with E-state index in [-0.39, 0.29) is 29.1 Å². The smallest absolute Gasteiger partial charge is 0.411 e. The SMILES string of the molecule is C=CCOC(=O)Nc1cccc2c1C=C1C(=O)[C@@](C)(C=C)[C@H](Cl)C[C@@H]1C2(C)C. The van der Waals surface area contributed by atoms with Gasteiger partial charge in [0.15, 0.2) is 5.78 Å². The minimum atomic E-state index is -0.803. The number of nitrogens with one attached hydrogen (secondary N) is 1. The van der Waals surface area contributed by atoms with E-state index in [4.69, 9.17) is 16.3 Å². The number of fused-ring (bicyclic) bond motifs is 2. The van der Waals surface area contributed by atoms with Gasteiger partial charge in [-0.05, 0) is 42.4 Å². The number of alkyl halides is 1. The van der Waals surface area contributed by atoms with Crippen LogP contribution in [0.15, 0.2) is 49.1 Å². The third-order valence-electron chi connectivity index (χ3n) is 6.18. The topological polar surface area (TPSA) is 55.4 Å². The zero-order chi connectivity index (χ0) is 20.7. The normalized spacial score (nSPS) is 27.7. The predicted molar refractivity (Wildman–Crippen MR) is 114 cm³/mol. The number of ketones is 1. The molecule has 1 aromatic rings. The van der Waals surface area contributed by atoms with Crippen molar-refractivity contribution in [3.8, 4) is 0 Å². The summed E-state index contributed by atoms with van der Waals surface area (Å²) in [6, 6.07) is 5.75. The van der Waals surface area contributed by atoms with Gasteiger partial charge < -0.3 is 4.74 Å². The summed E-state index contributed by atoms with van der Waals surface area (Å²) in [4.78, 5) is 25.4. The van der Waals surface area contributed by atoms with Crippen molar-refractivity contribution in [1.82, 2.24) is 0 Å². The molecule has 28 heavy (non-hydrogen) atoms. The Morgan fingerprint density at radius 3 is 2.71 bits per heavy atom. The van der Waals surface area contributed by atoms with Crippen LogP contribution < -0.4 is 5.32 Å². The molecule has 148 valence electrons. The fourth-order valence-electron chi connectivity index (χ4n) is 4.28. The first-order valence-electron chi connectivity index (χ1n) is 9.39. The summed E-state index contributed by atoms with van der Waals surface area (Å²) in [7, 11) is 0. The molecule has 1 fully saturated rings. The molecule has 2 aliphatic carbocycles. The molecule has 0 unspecified atom stereocenters. The van der Waals surface area contributed by atoms with Gasteiger partial charge in [-0.15, -0.1) is 18.2 Å². The maximum absolute atomic E-state index is 13.3. The van der Waals surface area contributed by atoms with E-state index in [9.17, 15) is 9.59 Å². The quantitative estimate of drug-likeness (QED) is 0.538. The summed E-state index contributed by atoms with van der Waals surface area (Å²) < 4.78 is 5.04. The number of allylic oxidation sites excluding steroid dienone is 2. The fourth-order valence-corrected chi connectivity index (χ4v) is 4.64. The largest absolute Gasteiger partial charge is 0.445 e. The number of carbonyl (C=O) groups is 2. The van der Waals surface area contributed by atoms with E-state index < -0.39 is 11.5 Å². The highest BCUT2D eigenvalue weighted by atomic mass is 35.5. The molecule has 0 radical (unpaired) electrons. The number of rotatable bonds is 4. The third kappa shape index (κ3) is 3.10. The van der Waals surface area contributed by atoms with Gasteiger partial charge in [0.2, 0.25) is 0 Å². The molecule has 4 nitrogen and oxygen atoms in total. The molecular formula is C23H26ClNO3. The lowest BCUT2D eigenvalue weighted by Crippen LogP contribution is -2.49. The molecular weight excluding hydrogens is 374 g/mol. The Hall–Kier alpha value is -2.33. The summed E-state index contributed by atoms with van der Waals surface area (Å²) in [5.41, 5.74) is 2.15. The van der Waals surface area contributed by atoms with Crippen molar-refractivity contribution in [3.05, 3.63) is 60.2 Å². The van der Waals surface area contributed by atoms with Gasteiger partial charge in [-0.2, -0.15) is 0 Å². The second kappa shape index (κ2) is 7.25. The zero-order valence-corrected chi connectivity index (χ0v) is 17.3. The Bertz CT molecular complexity index is 886. The van der Waals surface area contributed by atoms with Crippen LogP contribution in [-0.4, -0.2) is 23.9 Å². The van der Waals surface area contributed by atoms with E-state index in [1.54, 1.807) is 6.08 Å². The van der Waals surface area contributed by atoms with Gasteiger partial charge in [0.1, 0.15) is 6.61 Å². The van der Waals surface area contributed by atoms with Crippen LogP contribution in [0.2, 0.25) is 0 Å². The van der Waals surface area contributed by atoms with E-state index in [2.05, 4.69) is 32.3 Å². The molecule has 1 amide bonds. The Morgan fingerprint density at radius 1 is 1.36 bits per heavy atom. The summed E-state index contributed by atoms with van der Waals surface area (Å²) in [6.45, 7) is 13.6. The summed E-state index contributed by atoms with van der Waals surface area (Å²) in [5, 5.41) is 2.48. The molecule has 1 N–H and O–H groups in total. The minimum absolute atomic E-state index is 0.00140. The highest BCUT2D eigenvalue weighted by Crippen LogP contribution is 2.54. The summed E-state index contributed by atoms with van der Waals surface area (Å²) in [6.07, 6.45) is 5.20. The highest BCUT2D eigenvalue weighted by Gasteiger charge is 2.52. The maximum Gasteiger partial charge on any atom is 0.411 e. The van der Waals surface area contributed by atoms with Gasteiger partial charge in [-0.1, -0.05) is 44.7 Å². The van der Waals surface area contributed by atoms with Gasteiger partial charge in [-0.3, -0.25) is 10.1 Å². The van der Waals surface area contributed by atoms with Crippen molar-refractivity contribution in [2.45, 2.75) is 38.0 Å². The predicted octanol–water partition coefficient (Wildman–Crippen LogP) is 5.48. The zero-order valence-electron chi connectivity index (χ0n) is 16.5. The van der Waals surface area contributed by atoms with Gasteiger partial charge in [0, 0.05) is 11.1 Å². The van der Waals surface area contributed by atoms with Crippen molar-refractivity contribution >= 4 is 35.2 Å². The molecule has 3 rings (SSSR count). The molecule has 1 saturated carbocycles. The Balaban J connectivity index is 2.10. The highest BCUT2D eigenvalue weighted by molar-refractivity contribution is 6.25. The van der Waals surface area contributed by atoms with Crippen LogP contribution in [0.25, 0.3) is 6.08 Å². The van der Waals surface area contributed by atoms with E-state index in [0.29, 0.717) is 12.1 Å². The second-order valence-corrected chi connectivity index (χ2v) is 8.70. The second-order valence-electron chi connectivity index (χ2n) is 8.17. The Kier molecular flexibility index (Phi) is 5.28. The Morgan fingerprint density at radius 2 is 2.07 bits per heavy atom. The number of hydrogen-bond donors (Lipinski definition) is 1. The van der Waals surface area contributed by atoms with Gasteiger partial charge in [-0.25, -0.2) is 4.79 Å². The van der Waals surface area contributed by atoms with E-state index in [1.807, 2.05) is 31.2 Å². The van der Waals surface area contributed by atoms with Gasteiger partial charge in [0.05, 0.1) is 16.5 Å². The minimum Gasteiger partial charge on any atom is -0.445 e. The van der Waals surface area contributed by atoms with E-state index in [0.717, 1.165) is 16.7 Å². The summed E-state index contributed by atoms with van der Waals surface area (Å²) >= 11 is 6.64. The lowest BCUT2D eigenvalue weighted by atomic mass is 9.56. The average Bonchev–Trinajstić information content (AvgIpc) is 2.66. The molecule has 0 saturated heterocycles. The number of Topliss-reactive ketones (excluding diaryl/α,β-unsaturated/α-hetero) is 1. The lowest BCUT2D eigenvalue weighted by Gasteiger charge is -2.48. The van der Waals surface area contributed by atoms with E-state index in [1.165, 1.54) is 6.08 Å². The molecule has 0 bridgehead atoms. The van der Waals surface area contributed by atoms with Crippen LogP contribution in [0.1, 0.15) is 38.3 Å². The fraction of sp³-hybridized carbons (Fsp3) is 0.391. The number of carbonyl (C=O) groups excluding carboxylic acids is 2. The molecule has 0 heterocycles. The first-order valence-corrected chi connectivity index (χ1v) is 9.82. The number of benzene rings is 1. The van der Waals surface area contributed by atoms with Crippen LogP contribution in [0.3, 0.4) is 0 Å². The van der Waals surface area contributed by atoms with Crippen molar-refractivity contribution in [1.29, 1.82) is 0 Å². The monoisotopic (exact) mass is 399 g/mol. The molecule has 2 aliphatic rings. The number of amides is 1. The van der Waals surface area contributed by atoms with Crippen molar-refractivity contribution < 1.29 is 14.3 Å². The Labute approximate surface area is 171 Å². The first kappa shape index (κ1) is 20.4. The first-order chi connectivity index (χ1) is 13.2. The van der Waals surface area contributed by atoms with E-state index >= 15 is 0 Å². The number of ether oxygens (including phenoxy) is 1. The third-order valence-corrected chi connectivity index (χ3v) is 6.82. The molecule has 1 aromatic carbocycles. The molecule has 3 atom stereocenters. The average molecular weight is 400 g/mol. The number of halogens is 1. The van der Waals surface area contributed by atoms with Crippen LogP contribution in [-0.2, 0) is 14.9 Å². The number of anilines is 1. The van der Waals surface area contributed by atoms with Gasteiger partial charge >= 0.3 is 6.09 Å². The lowest BCUT2D eigenvalue weighted by molar-refractivity contribution is -0.124. The number of hydrogen-bond acceptors (Lipinski definition) is 3. The van der Waals surface area contributed by atoms with Crippen LogP contribution in [0.5, 0.6) is 0 Å². The van der Waals surface area contributed by atoms with Crippen molar-refractivity contribution in [3.63, 3.8) is 0 Å². The summed E-state index contributed by atoms with van der Waals surface area (Å²) in [5.74, 6) is 0.00695. The van der Waals surface area contributed by atoms with Crippen LogP contribution >= 0.6 is 11.6 Å². The molecule has 0 aliphatic heterocycles. The van der Waals surface area contributed by atoms with Crippen molar-refractivity contribution in [2.75, 3.05) is 11.9 Å².